The van der Waals surface area contributed by atoms with Crippen molar-refractivity contribution < 1.29 is 4.79 Å². The summed E-state index contributed by atoms with van der Waals surface area (Å²) in [5.41, 5.74) is 3.59. The summed E-state index contributed by atoms with van der Waals surface area (Å²) >= 11 is 0. The first-order chi connectivity index (χ1) is 13.2. The van der Waals surface area contributed by atoms with Crippen LogP contribution in [0.25, 0.3) is 0 Å². The summed E-state index contributed by atoms with van der Waals surface area (Å²) in [6.07, 6.45) is 2.31. The monoisotopic (exact) mass is 364 g/mol. The molecule has 0 bridgehead atoms. The number of benzene rings is 2. The molecule has 5 nitrogen and oxygen atoms in total. The van der Waals surface area contributed by atoms with Crippen molar-refractivity contribution in [1.82, 2.24) is 10.2 Å². The summed E-state index contributed by atoms with van der Waals surface area (Å²) in [7, 11) is 1.85. The predicted octanol–water partition coefficient (Wildman–Crippen LogP) is 3.32. The van der Waals surface area contributed by atoms with Gasteiger partial charge in [0.15, 0.2) is 0 Å². The van der Waals surface area contributed by atoms with Crippen LogP contribution in [0.15, 0.2) is 54.6 Å². The van der Waals surface area contributed by atoms with Gasteiger partial charge in [-0.25, -0.2) is 4.79 Å². The Morgan fingerprint density at radius 2 is 1.56 bits per heavy atom. The van der Waals surface area contributed by atoms with Gasteiger partial charge in [-0.15, -0.1) is 0 Å². The average Bonchev–Trinajstić information content (AvgIpc) is 3.06. The maximum atomic E-state index is 12.1. The van der Waals surface area contributed by atoms with Gasteiger partial charge >= 0.3 is 6.03 Å². The number of piperidine rings is 1. The molecule has 2 aromatic carbocycles. The van der Waals surface area contributed by atoms with Gasteiger partial charge in [-0.2, -0.15) is 0 Å². The number of carbonyl (C=O) groups excluding carboxylic acids is 1. The molecule has 2 aliphatic heterocycles. The minimum Gasteiger partial charge on any atom is -0.371 e. The molecule has 4 rings (SSSR count). The van der Waals surface area contributed by atoms with Crippen LogP contribution in [0.1, 0.15) is 18.4 Å². The van der Waals surface area contributed by atoms with Crippen LogP contribution in [-0.4, -0.2) is 50.2 Å². The Labute approximate surface area is 161 Å². The van der Waals surface area contributed by atoms with Gasteiger partial charge in [-0.05, 0) is 42.7 Å². The number of carbonyl (C=O) groups is 1. The largest absolute Gasteiger partial charge is 0.371 e. The Kier molecular flexibility index (Phi) is 5.30. The highest BCUT2D eigenvalue weighted by atomic mass is 16.2. The van der Waals surface area contributed by atoms with E-state index in [2.05, 4.69) is 64.8 Å². The Morgan fingerprint density at radius 3 is 2.19 bits per heavy atom. The molecule has 2 saturated heterocycles. The summed E-state index contributed by atoms with van der Waals surface area (Å²) in [4.78, 5) is 18.2. The van der Waals surface area contributed by atoms with E-state index < -0.39 is 0 Å². The van der Waals surface area contributed by atoms with E-state index in [1.54, 1.807) is 4.90 Å². The topological polar surface area (TPSA) is 38.8 Å². The molecule has 0 radical (unpaired) electrons. The molecule has 2 aromatic rings. The number of likely N-dealkylation sites (N-methyl/N-ethyl adjacent to an activating group) is 1. The molecule has 0 unspecified atom stereocenters. The zero-order valence-electron chi connectivity index (χ0n) is 16.0. The van der Waals surface area contributed by atoms with E-state index in [-0.39, 0.29) is 6.03 Å². The Bertz CT molecular complexity index is 754. The van der Waals surface area contributed by atoms with E-state index >= 15 is 0 Å². The van der Waals surface area contributed by atoms with Crippen molar-refractivity contribution in [2.24, 2.45) is 0 Å². The molecule has 0 aromatic heterocycles. The minimum absolute atomic E-state index is 0.0908. The fourth-order valence-electron chi connectivity index (χ4n) is 3.93. The lowest BCUT2D eigenvalue weighted by Gasteiger charge is -2.34. The number of nitrogens with one attached hydrogen (secondary N) is 1. The van der Waals surface area contributed by atoms with Crippen LogP contribution < -0.4 is 15.1 Å². The predicted molar refractivity (Wildman–Crippen MR) is 110 cm³/mol. The standard InChI is InChI=1S/C22H28N4O/c1-24-15-16-26(22(24)27)21-9-7-20(8-10-21)25-13-11-19(12-14-25)23-17-18-5-3-2-4-6-18/h2-10,19,23H,11-17H2,1H3. The number of hydrogen-bond acceptors (Lipinski definition) is 3. The third-order valence-corrected chi connectivity index (χ3v) is 5.68. The lowest BCUT2D eigenvalue weighted by Crippen LogP contribution is -2.42. The van der Waals surface area contributed by atoms with E-state index in [4.69, 9.17) is 0 Å². The zero-order valence-corrected chi connectivity index (χ0v) is 16.0. The SMILES string of the molecule is CN1CCN(c2ccc(N3CCC(NCc4ccccc4)CC3)cc2)C1=O. The summed E-state index contributed by atoms with van der Waals surface area (Å²) in [5, 5.41) is 3.69. The third-order valence-electron chi connectivity index (χ3n) is 5.68. The van der Waals surface area contributed by atoms with Crippen LogP contribution >= 0.6 is 0 Å². The molecule has 2 fully saturated rings. The van der Waals surface area contributed by atoms with E-state index in [1.165, 1.54) is 11.3 Å². The first-order valence-electron chi connectivity index (χ1n) is 9.86. The second-order valence-electron chi connectivity index (χ2n) is 7.50. The molecule has 142 valence electrons. The lowest BCUT2D eigenvalue weighted by atomic mass is 10.0. The van der Waals surface area contributed by atoms with E-state index in [1.807, 2.05) is 11.9 Å². The minimum atomic E-state index is 0.0908. The van der Waals surface area contributed by atoms with Crippen LogP contribution in [0.4, 0.5) is 16.2 Å². The maximum Gasteiger partial charge on any atom is 0.324 e. The molecule has 2 heterocycles. The molecule has 2 aliphatic rings. The van der Waals surface area contributed by atoms with Gasteiger partial charge in [0.05, 0.1) is 0 Å². The fraction of sp³-hybridized carbons (Fsp3) is 0.409. The van der Waals surface area contributed by atoms with Crippen molar-refractivity contribution in [3.05, 3.63) is 60.2 Å². The van der Waals surface area contributed by atoms with Crippen molar-refractivity contribution in [2.45, 2.75) is 25.4 Å². The zero-order chi connectivity index (χ0) is 18.6. The Morgan fingerprint density at radius 1 is 0.889 bits per heavy atom. The molecule has 27 heavy (non-hydrogen) atoms. The van der Waals surface area contributed by atoms with Gasteiger partial charge in [0.1, 0.15) is 0 Å². The molecular weight excluding hydrogens is 336 g/mol. The Hall–Kier alpha value is -2.53. The van der Waals surface area contributed by atoms with Crippen molar-refractivity contribution in [3.63, 3.8) is 0 Å². The normalized spacial score (nSPS) is 18.4. The van der Waals surface area contributed by atoms with Gasteiger partial charge in [-0.1, -0.05) is 30.3 Å². The lowest BCUT2D eigenvalue weighted by molar-refractivity contribution is 0.229. The van der Waals surface area contributed by atoms with Crippen molar-refractivity contribution >= 4 is 17.4 Å². The highest BCUT2D eigenvalue weighted by molar-refractivity contribution is 5.94. The van der Waals surface area contributed by atoms with Gasteiger partial charge in [0.2, 0.25) is 0 Å². The molecule has 0 aliphatic carbocycles. The van der Waals surface area contributed by atoms with Crippen molar-refractivity contribution in [3.8, 4) is 0 Å². The average molecular weight is 364 g/mol. The molecule has 0 atom stereocenters. The molecule has 1 N–H and O–H groups in total. The van der Waals surface area contributed by atoms with Crippen LogP contribution in [0, 0.1) is 0 Å². The van der Waals surface area contributed by atoms with E-state index in [0.29, 0.717) is 6.04 Å². The highest BCUT2D eigenvalue weighted by Crippen LogP contribution is 2.25. The van der Waals surface area contributed by atoms with Gasteiger partial charge in [-0.3, -0.25) is 4.90 Å². The maximum absolute atomic E-state index is 12.1. The summed E-state index contributed by atoms with van der Waals surface area (Å²) < 4.78 is 0. The quantitative estimate of drug-likeness (QED) is 0.885. The van der Waals surface area contributed by atoms with Gasteiger partial charge in [0.25, 0.3) is 0 Å². The molecule has 2 amide bonds. The van der Waals surface area contributed by atoms with E-state index in [0.717, 1.165) is 51.3 Å². The van der Waals surface area contributed by atoms with Crippen LogP contribution in [0.5, 0.6) is 0 Å². The number of urea groups is 1. The third kappa shape index (κ3) is 4.08. The molecule has 0 spiro atoms. The number of hydrogen-bond donors (Lipinski definition) is 1. The number of rotatable bonds is 5. The summed E-state index contributed by atoms with van der Waals surface area (Å²) in [6, 6.07) is 19.7. The van der Waals surface area contributed by atoms with Crippen molar-refractivity contribution in [1.29, 1.82) is 0 Å². The van der Waals surface area contributed by atoms with Gasteiger partial charge in [0, 0.05) is 57.2 Å². The van der Waals surface area contributed by atoms with Crippen molar-refractivity contribution in [2.75, 3.05) is 43.0 Å². The number of nitrogens with zero attached hydrogens (tertiary/aromatic N) is 3. The second-order valence-corrected chi connectivity index (χ2v) is 7.50. The molecule has 5 heteroatoms. The van der Waals surface area contributed by atoms with Crippen LogP contribution in [-0.2, 0) is 6.54 Å². The number of amides is 2. The fourth-order valence-corrected chi connectivity index (χ4v) is 3.93. The first-order valence-corrected chi connectivity index (χ1v) is 9.86. The van der Waals surface area contributed by atoms with E-state index in [9.17, 15) is 4.79 Å². The molecule has 0 saturated carbocycles. The second kappa shape index (κ2) is 8.01. The first kappa shape index (κ1) is 17.9. The van der Waals surface area contributed by atoms with Crippen LogP contribution in [0.2, 0.25) is 0 Å². The smallest absolute Gasteiger partial charge is 0.324 e. The number of anilines is 2. The van der Waals surface area contributed by atoms with Gasteiger partial charge < -0.3 is 15.1 Å². The highest BCUT2D eigenvalue weighted by Gasteiger charge is 2.26. The van der Waals surface area contributed by atoms with Crippen LogP contribution in [0.3, 0.4) is 0 Å². The summed E-state index contributed by atoms with van der Waals surface area (Å²) in [6.45, 7) is 4.64. The molecular formula is C22H28N4O. The Balaban J connectivity index is 1.29. The summed E-state index contributed by atoms with van der Waals surface area (Å²) in [5.74, 6) is 0.